The van der Waals surface area contributed by atoms with Gasteiger partial charge in [-0.15, -0.1) is 0 Å². The first kappa shape index (κ1) is 39.2. The van der Waals surface area contributed by atoms with Crippen molar-refractivity contribution in [1.82, 2.24) is 0 Å². The molecule has 61 heavy (non-hydrogen) atoms. The summed E-state index contributed by atoms with van der Waals surface area (Å²) in [6, 6.07) is 52.1. The number of aliphatic imine (C=N–C) groups is 2. The zero-order valence-electron chi connectivity index (χ0n) is 35.2. The molecule has 2 aliphatic carbocycles. The van der Waals surface area contributed by atoms with Crippen molar-refractivity contribution in [3.8, 4) is 11.1 Å². The fourth-order valence-corrected chi connectivity index (χ4v) is 8.87. The maximum Gasteiger partial charge on any atom is 0.159 e. The average molecular weight is 791 g/mol. The van der Waals surface area contributed by atoms with Crippen molar-refractivity contribution >= 4 is 45.6 Å². The molecular formula is C57H50N4. The zero-order valence-corrected chi connectivity index (χ0v) is 35.2. The molecule has 0 aromatic heterocycles. The van der Waals surface area contributed by atoms with E-state index in [9.17, 15) is 0 Å². The van der Waals surface area contributed by atoms with Gasteiger partial charge in [0.2, 0.25) is 0 Å². The summed E-state index contributed by atoms with van der Waals surface area (Å²) in [6.45, 7) is 10.9. The number of allylic oxidation sites excluding steroid dienone is 9. The predicted molar refractivity (Wildman–Crippen MR) is 260 cm³/mol. The zero-order chi connectivity index (χ0) is 41.7. The standard InChI is InChI=1S/C57H50N4/c1-5-6-22-46-38-45-26-17-19-32-50(45)52(46)37-42(4)59-57(43-23-10-7-11-24-43)58-41(3)36-44-25-16-18-31-49(44)51-39-56-55(35-40(51)2)60(47-27-12-8-13-28-47)53-33-20-21-34-54(53)61(56)48-29-14-9-15-30-48/h5-29,31-35,37,39,48H,3,30,36,38H2,1-2,4H3/b6-5-,46-22-,52-37?,58-57?,59-42?. The Kier molecular flexibility index (Phi) is 11.2. The van der Waals surface area contributed by atoms with Gasteiger partial charge < -0.3 is 9.80 Å². The van der Waals surface area contributed by atoms with Crippen LogP contribution in [0.5, 0.6) is 0 Å². The number of rotatable bonds is 9. The first-order valence-corrected chi connectivity index (χ1v) is 21.3. The molecule has 1 atom stereocenters. The van der Waals surface area contributed by atoms with E-state index in [0.717, 1.165) is 35.5 Å². The smallest absolute Gasteiger partial charge is 0.159 e. The Morgan fingerprint density at radius 1 is 0.721 bits per heavy atom. The monoisotopic (exact) mass is 790 g/mol. The van der Waals surface area contributed by atoms with Gasteiger partial charge in [0, 0.05) is 29.1 Å². The first-order valence-electron chi connectivity index (χ1n) is 21.3. The summed E-state index contributed by atoms with van der Waals surface area (Å²) in [5.41, 5.74) is 18.3. The van der Waals surface area contributed by atoms with Crippen LogP contribution in [0.15, 0.2) is 222 Å². The molecule has 0 fully saturated rings. The van der Waals surface area contributed by atoms with Crippen molar-refractivity contribution in [2.75, 3.05) is 9.80 Å². The molecule has 1 aliphatic heterocycles. The molecule has 9 rings (SSSR count). The molecule has 0 saturated heterocycles. The molecule has 3 aliphatic rings. The fraction of sp³-hybridized carbons (Fsp3) is 0.123. The number of anilines is 5. The minimum absolute atomic E-state index is 0.179. The Morgan fingerprint density at radius 2 is 1.43 bits per heavy atom. The lowest BCUT2D eigenvalue weighted by atomic mass is 9.91. The molecule has 6 aromatic carbocycles. The van der Waals surface area contributed by atoms with Crippen molar-refractivity contribution in [3.05, 3.63) is 240 Å². The molecule has 0 amide bonds. The molecular weight excluding hydrogens is 741 g/mol. The van der Waals surface area contributed by atoms with Crippen LogP contribution in [0, 0.1) is 6.92 Å². The maximum atomic E-state index is 5.19. The van der Waals surface area contributed by atoms with E-state index in [4.69, 9.17) is 9.98 Å². The Bertz CT molecular complexity index is 2830. The van der Waals surface area contributed by atoms with Gasteiger partial charge in [-0.2, -0.15) is 0 Å². The minimum Gasteiger partial charge on any atom is -0.331 e. The van der Waals surface area contributed by atoms with Gasteiger partial charge in [-0.25, -0.2) is 9.98 Å². The Hall–Kier alpha value is -7.30. The van der Waals surface area contributed by atoms with Gasteiger partial charge in [-0.05, 0) is 121 Å². The molecule has 0 radical (unpaired) electrons. The molecule has 0 N–H and O–H groups in total. The lowest BCUT2D eigenvalue weighted by Crippen LogP contribution is -2.35. The van der Waals surface area contributed by atoms with E-state index >= 15 is 0 Å². The topological polar surface area (TPSA) is 31.2 Å². The normalized spacial score (nSPS) is 17.3. The fourth-order valence-electron chi connectivity index (χ4n) is 8.87. The molecule has 298 valence electrons. The molecule has 0 spiro atoms. The predicted octanol–water partition coefficient (Wildman–Crippen LogP) is 14.6. The van der Waals surface area contributed by atoms with Gasteiger partial charge in [0.1, 0.15) is 0 Å². The highest BCUT2D eigenvalue weighted by Gasteiger charge is 2.33. The SMILES string of the molecule is C=C(Cc1ccccc1-c1cc2c(cc1C)N(c1ccccc1)c1ccccc1N2C1C=CC=CC1)N=C(N=C(C)C=C1/C(=C\C=C/C)Cc2ccccc21)c1ccccc1. The highest BCUT2D eigenvalue weighted by molar-refractivity contribution is 6.13. The number of nitrogens with zero attached hydrogens (tertiary/aromatic N) is 4. The second kappa shape index (κ2) is 17.5. The summed E-state index contributed by atoms with van der Waals surface area (Å²) in [5, 5.41) is 0. The highest BCUT2D eigenvalue weighted by Crippen LogP contribution is 2.54. The summed E-state index contributed by atoms with van der Waals surface area (Å²) in [7, 11) is 0. The third kappa shape index (κ3) is 8.05. The largest absolute Gasteiger partial charge is 0.331 e. The van der Waals surface area contributed by atoms with Crippen LogP contribution in [0.2, 0.25) is 0 Å². The Labute approximate surface area is 361 Å². The number of hydrogen-bond acceptors (Lipinski definition) is 3. The van der Waals surface area contributed by atoms with Crippen molar-refractivity contribution < 1.29 is 0 Å². The second-order valence-electron chi connectivity index (χ2n) is 15.9. The number of benzene rings is 6. The van der Waals surface area contributed by atoms with Gasteiger partial charge in [0.25, 0.3) is 0 Å². The third-order valence-corrected chi connectivity index (χ3v) is 11.7. The van der Waals surface area contributed by atoms with E-state index in [1.165, 1.54) is 67.3 Å². The lowest BCUT2D eigenvalue weighted by molar-refractivity contribution is 0.780. The van der Waals surface area contributed by atoms with E-state index in [1.807, 2.05) is 18.2 Å². The van der Waals surface area contributed by atoms with E-state index < -0.39 is 0 Å². The van der Waals surface area contributed by atoms with Gasteiger partial charge in [-0.1, -0.05) is 158 Å². The summed E-state index contributed by atoms with van der Waals surface area (Å²) >= 11 is 0. The van der Waals surface area contributed by atoms with Crippen LogP contribution in [0.4, 0.5) is 28.4 Å². The van der Waals surface area contributed by atoms with Crippen LogP contribution >= 0.6 is 0 Å². The van der Waals surface area contributed by atoms with E-state index in [0.29, 0.717) is 12.3 Å². The molecule has 0 bridgehead atoms. The van der Waals surface area contributed by atoms with Crippen LogP contribution in [0.3, 0.4) is 0 Å². The average Bonchev–Trinajstić information content (AvgIpc) is 3.64. The van der Waals surface area contributed by atoms with Gasteiger partial charge in [0.15, 0.2) is 5.84 Å². The number of para-hydroxylation sites is 3. The van der Waals surface area contributed by atoms with Crippen LogP contribution in [0.25, 0.3) is 16.7 Å². The van der Waals surface area contributed by atoms with Crippen molar-refractivity contribution in [2.24, 2.45) is 9.98 Å². The molecule has 0 saturated carbocycles. The van der Waals surface area contributed by atoms with E-state index in [2.05, 4.69) is 213 Å². The van der Waals surface area contributed by atoms with Gasteiger partial charge >= 0.3 is 0 Å². The van der Waals surface area contributed by atoms with Gasteiger partial charge in [0.05, 0.1) is 28.8 Å². The number of fused-ring (bicyclic) bond motifs is 3. The van der Waals surface area contributed by atoms with E-state index in [-0.39, 0.29) is 6.04 Å². The van der Waals surface area contributed by atoms with Crippen LogP contribution in [0.1, 0.15) is 48.1 Å². The Balaban J connectivity index is 1.10. The highest BCUT2D eigenvalue weighted by atomic mass is 15.3. The quantitative estimate of drug-likeness (QED) is 0.108. The molecule has 1 heterocycles. The summed E-state index contributed by atoms with van der Waals surface area (Å²) < 4.78 is 0. The van der Waals surface area contributed by atoms with Crippen molar-refractivity contribution in [1.29, 1.82) is 0 Å². The van der Waals surface area contributed by atoms with Crippen molar-refractivity contribution in [2.45, 2.75) is 46.1 Å². The summed E-state index contributed by atoms with van der Waals surface area (Å²) in [5.74, 6) is 0.651. The number of aryl methyl sites for hydroxylation is 1. The second-order valence-corrected chi connectivity index (χ2v) is 15.9. The Morgan fingerprint density at radius 3 is 2.20 bits per heavy atom. The van der Waals surface area contributed by atoms with Crippen molar-refractivity contribution in [3.63, 3.8) is 0 Å². The van der Waals surface area contributed by atoms with Crippen LogP contribution in [-0.4, -0.2) is 17.6 Å². The molecule has 4 nitrogen and oxygen atoms in total. The number of amidine groups is 1. The third-order valence-electron chi connectivity index (χ3n) is 11.7. The minimum atomic E-state index is 0.179. The van der Waals surface area contributed by atoms with E-state index in [1.54, 1.807) is 0 Å². The maximum absolute atomic E-state index is 5.19. The summed E-state index contributed by atoms with van der Waals surface area (Å²) in [6.07, 6.45) is 19.9. The number of hydrogen-bond donors (Lipinski definition) is 0. The van der Waals surface area contributed by atoms with Gasteiger partial charge in [-0.3, -0.25) is 0 Å². The lowest BCUT2D eigenvalue weighted by Gasteiger charge is -2.44. The van der Waals surface area contributed by atoms with Crippen LogP contribution in [-0.2, 0) is 12.8 Å². The first-order chi connectivity index (χ1) is 30.0. The molecule has 4 heteroatoms. The van der Waals surface area contributed by atoms with Crippen LogP contribution < -0.4 is 9.80 Å². The summed E-state index contributed by atoms with van der Waals surface area (Å²) in [4.78, 5) is 15.3. The molecule has 1 unspecified atom stereocenters. The molecule has 6 aromatic rings.